The standard InChI is InChI=1S/C16H15BrClFO/c1-20-9-8-11-2-4-12(5-3-11)16(18)13-6-7-15(19)14(17)10-13/h2-7,10,16H,8-9H2,1H3. The molecule has 0 saturated heterocycles. The lowest BCUT2D eigenvalue weighted by Crippen LogP contribution is -1.97. The second-order valence-corrected chi connectivity index (χ2v) is 5.81. The molecule has 106 valence electrons. The van der Waals surface area contributed by atoms with Gasteiger partial charge in [0.2, 0.25) is 0 Å². The first-order valence-electron chi connectivity index (χ1n) is 6.28. The van der Waals surface area contributed by atoms with Crippen LogP contribution in [0.1, 0.15) is 22.1 Å². The van der Waals surface area contributed by atoms with E-state index in [0.717, 1.165) is 17.5 Å². The van der Waals surface area contributed by atoms with E-state index in [1.54, 1.807) is 19.2 Å². The van der Waals surface area contributed by atoms with Crippen molar-refractivity contribution >= 4 is 27.5 Å². The van der Waals surface area contributed by atoms with Crippen LogP contribution in [0, 0.1) is 5.82 Å². The number of ether oxygens (including phenoxy) is 1. The highest BCUT2D eigenvalue weighted by atomic mass is 79.9. The van der Waals surface area contributed by atoms with Crippen molar-refractivity contribution in [2.24, 2.45) is 0 Å². The first-order valence-corrected chi connectivity index (χ1v) is 7.51. The smallest absolute Gasteiger partial charge is 0.137 e. The van der Waals surface area contributed by atoms with E-state index in [1.807, 2.05) is 24.3 Å². The molecule has 0 fully saturated rings. The van der Waals surface area contributed by atoms with Gasteiger partial charge in [-0.25, -0.2) is 4.39 Å². The van der Waals surface area contributed by atoms with Crippen molar-refractivity contribution in [3.05, 3.63) is 69.4 Å². The molecule has 0 bridgehead atoms. The maximum atomic E-state index is 13.2. The molecule has 0 spiro atoms. The molecule has 20 heavy (non-hydrogen) atoms. The fourth-order valence-corrected chi connectivity index (χ4v) is 2.61. The fraction of sp³-hybridized carbons (Fsp3) is 0.250. The highest BCUT2D eigenvalue weighted by Gasteiger charge is 2.12. The van der Waals surface area contributed by atoms with Gasteiger partial charge in [0.25, 0.3) is 0 Å². The molecule has 2 aromatic carbocycles. The Bertz CT molecular complexity index is 571. The van der Waals surface area contributed by atoms with E-state index in [0.29, 0.717) is 11.1 Å². The largest absolute Gasteiger partial charge is 0.384 e. The molecule has 4 heteroatoms. The molecule has 0 saturated carbocycles. The Balaban J connectivity index is 2.15. The van der Waals surface area contributed by atoms with E-state index in [4.69, 9.17) is 16.3 Å². The number of benzene rings is 2. The Morgan fingerprint density at radius 1 is 1.15 bits per heavy atom. The van der Waals surface area contributed by atoms with Crippen LogP contribution in [-0.2, 0) is 11.2 Å². The monoisotopic (exact) mass is 356 g/mol. The van der Waals surface area contributed by atoms with Crippen molar-refractivity contribution < 1.29 is 9.13 Å². The summed E-state index contributed by atoms with van der Waals surface area (Å²) in [7, 11) is 1.69. The zero-order chi connectivity index (χ0) is 14.5. The molecule has 0 N–H and O–H groups in total. The lowest BCUT2D eigenvalue weighted by atomic mass is 10.0. The van der Waals surface area contributed by atoms with Gasteiger partial charge in [-0.2, -0.15) is 0 Å². The Morgan fingerprint density at radius 3 is 2.40 bits per heavy atom. The average Bonchev–Trinajstić information content (AvgIpc) is 2.48. The second kappa shape index (κ2) is 7.21. The van der Waals surface area contributed by atoms with Gasteiger partial charge in [0.15, 0.2) is 0 Å². The van der Waals surface area contributed by atoms with Gasteiger partial charge in [0, 0.05) is 7.11 Å². The van der Waals surface area contributed by atoms with Gasteiger partial charge >= 0.3 is 0 Å². The summed E-state index contributed by atoms with van der Waals surface area (Å²) in [5.41, 5.74) is 3.07. The molecule has 1 unspecified atom stereocenters. The normalized spacial score (nSPS) is 12.4. The summed E-state index contributed by atoms with van der Waals surface area (Å²) < 4.78 is 18.7. The van der Waals surface area contributed by atoms with E-state index in [-0.39, 0.29) is 11.2 Å². The zero-order valence-corrected chi connectivity index (χ0v) is 13.4. The van der Waals surface area contributed by atoms with Crippen LogP contribution in [0.25, 0.3) is 0 Å². The molecular formula is C16H15BrClFO. The predicted molar refractivity (Wildman–Crippen MR) is 83.8 cm³/mol. The van der Waals surface area contributed by atoms with Gasteiger partial charge in [-0.15, -0.1) is 11.6 Å². The quantitative estimate of drug-likeness (QED) is 0.676. The van der Waals surface area contributed by atoms with Gasteiger partial charge in [0.05, 0.1) is 16.5 Å². The Kier molecular flexibility index (Phi) is 5.58. The molecule has 0 heterocycles. The summed E-state index contributed by atoms with van der Waals surface area (Å²) >= 11 is 9.62. The number of rotatable bonds is 5. The Morgan fingerprint density at radius 2 is 1.80 bits per heavy atom. The molecule has 0 aliphatic heterocycles. The number of methoxy groups -OCH3 is 1. The summed E-state index contributed by atoms with van der Waals surface area (Å²) in [6.45, 7) is 0.703. The molecular weight excluding hydrogens is 343 g/mol. The number of alkyl halides is 1. The SMILES string of the molecule is COCCc1ccc(C(Cl)c2ccc(F)c(Br)c2)cc1. The molecule has 2 rings (SSSR count). The van der Waals surface area contributed by atoms with Crippen LogP contribution in [0.15, 0.2) is 46.9 Å². The van der Waals surface area contributed by atoms with E-state index in [9.17, 15) is 4.39 Å². The zero-order valence-electron chi connectivity index (χ0n) is 11.1. The first-order chi connectivity index (χ1) is 9.61. The summed E-state index contributed by atoms with van der Waals surface area (Å²) in [4.78, 5) is 0. The highest BCUT2D eigenvalue weighted by molar-refractivity contribution is 9.10. The van der Waals surface area contributed by atoms with Crippen LogP contribution in [0.4, 0.5) is 4.39 Å². The van der Waals surface area contributed by atoms with Crippen molar-refractivity contribution in [1.29, 1.82) is 0 Å². The van der Waals surface area contributed by atoms with Crippen molar-refractivity contribution in [3.8, 4) is 0 Å². The lowest BCUT2D eigenvalue weighted by Gasteiger charge is -2.12. The minimum atomic E-state index is -0.289. The van der Waals surface area contributed by atoms with Crippen molar-refractivity contribution in [2.75, 3.05) is 13.7 Å². The minimum Gasteiger partial charge on any atom is -0.384 e. The first kappa shape index (κ1) is 15.5. The summed E-state index contributed by atoms with van der Waals surface area (Å²) in [6, 6.07) is 12.9. The van der Waals surface area contributed by atoms with Crippen LogP contribution in [0.3, 0.4) is 0 Å². The van der Waals surface area contributed by atoms with Crippen LogP contribution >= 0.6 is 27.5 Å². The molecule has 0 aromatic heterocycles. The molecule has 2 aromatic rings. The molecule has 0 aliphatic rings. The van der Waals surface area contributed by atoms with Crippen molar-refractivity contribution in [3.63, 3.8) is 0 Å². The van der Waals surface area contributed by atoms with Gasteiger partial charge in [-0.3, -0.25) is 0 Å². The maximum Gasteiger partial charge on any atom is 0.137 e. The molecule has 0 radical (unpaired) electrons. The second-order valence-electron chi connectivity index (χ2n) is 4.52. The van der Waals surface area contributed by atoms with Crippen LogP contribution < -0.4 is 0 Å². The Hall–Kier alpha value is -0.900. The number of hydrogen-bond acceptors (Lipinski definition) is 1. The van der Waals surface area contributed by atoms with Crippen molar-refractivity contribution in [2.45, 2.75) is 11.8 Å². The van der Waals surface area contributed by atoms with Gasteiger partial charge in [-0.05, 0) is 51.2 Å². The average molecular weight is 358 g/mol. The van der Waals surface area contributed by atoms with Gasteiger partial charge < -0.3 is 4.74 Å². The molecule has 1 nitrogen and oxygen atoms in total. The molecule has 0 amide bonds. The van der Waals surface area contributed by atoms with E-state index in [1.165, 1.54) is 11.6 Å². The fourth-order valence-electron chi connectivity index (χ4n) is 1.94. The Labute approximate surface area is 131 Å². The van der Waals surface area contributed by atoms with Gasteiger partial charge in [0.1, 0.15) is 5.82 Å². The van der Waals surface area contributed by atoms with Crippen molar-refractivity contribution in [1.82, 2.24) is 0 Å². The third kappa shape index (κ3) is 3.81. The van der Waals surface area contributed by atoms with Crippen LogP contribution in [0.5, 0.6) is 0 Å². The summed E-state index contributed by atoms with van der Waals surface area (Å²) in [5, 5.41) is -0.289. The topological polar surface area (TPSA) is 9.23 Å². The third-order valence-electron chi connectivity index (χ3n) is 3.10. The molecule has 1 atom stereocenters. The number of halogens is 3. The lowest BCUT2D eigenvalue weighted by molar-refractivity contribution is 0.202. The number of hydrogen-bond donors (Lipinski definition) is 0. The molecule has 0 aliphatic carbocycles. The van der Waals surface area contributed by atoms with E-state index < -0.39 is 0 Å². The van der Waals surface area contributed by atoms with Crippen LogP contribution in [0.2, 0.25) is 0 Å². The third-order valence-corrected chi connectivity index (χ3v) is 4.22. The summed E-state index contributed by atoms with van der Waals surface area (Å²) in [5.74, 6) is -0.285. The van der Waals surface area contributed by atoms with E-state index in [2.05, 4.69) is 15.9 Å². The predicted octanol–water partition coefficient (Wildman–Crippen LogP) is 5.11. The summed E-state index contributed by atoms with van der Waals surface area (Å²) in [6.07, 6.45) is 0.881. The minimum absolute atomic E-state index is 0.285. The maximum absolute atomic E-state index is 13.2. The van der Waals surface area contributed by atoms with Gasteiger partial charge in [-0.1, -0.05) is 30.3 Å². The highest BCUT2D eigenvalue weighted by Crippen LogP contribution is 2.31. The van der Waals surface area contributed by atoms with E-state index >= 15 is 0 Å². The van der Waals surface area contributed by atoms with Crippen LogP contribution in [-0.4, -0.2) is 13.7 Å².